The van der Waals surface area contributed by atoms with Crippen LogP contribution >= 0.6 is 11.6 Å². The van der Waals surface area contributed by atoms with Gasteiger partial charge in [0.2, 0.25) is 5.89 Å². The summed E-state index contributed by atoms with van der Waals surface area (Å²) in [5.41, 5.74) is 1.76. The molecule has 0 saturated heterocycles. The summed E-state index contributed by atoms with van der Waals surface area (Å²) in [6.45, 7) is 2.52. The molecule has 0 fully saturated rings. The lowest BCUT2D eigenvalue weighted by atomic mass is 10.2. The van der Waals surface area contributed by atoms with E-state index in [4.69, 9.17) is 25.5 Å². The third kappa shape index (κ3) is 4.42. The number of aromatic nitrogens is 2. The number of halogens is 1. The second-order valence-electron chi connectivity index (χ2n) is 5.35. The van der Waals surface area contributed by atoms with Gasteiger partial charge in [0.1, 0.15) is 11.5 Å². The van der Waals surface area contributed by atoms with Crippen molar-refractivity contribution in [3.05, 3.63) is 64.8 Å². The first kappa shape index (κ1) is 17.1. The molecule has 2 aromatic carbocycles. The van der Waals surface area contributed by atoms with E-state index in [1.807, 2.05) is 43.3 Å². The fraction of sp³-hybridized carbons (Fsp3) is 0.222. The van der Waals surface area contributed by atoms with Gasteiger partial charge in [-0.3, -0.25) is 0 Å². The zero-order chi connectivity index (χ0) is 17.6. The Morgan fingerprint density at radius 2 is 1.88 bits per heavy atom. The monoisotopic (exact) mass is 359 g/mol. The van der Waals surface area contributed by atoms with Gasteiger partial charge < -0.3 is 19.2 Å². The Labute approximate surface area is 150 Å². The first-order chi connectivity index (χ1) is 12.2. The van der Waals surface area contributed by atoms with E-state index in [0.717, 1.165) is 17.0 Å². The smallest absolute Gasteiger partial charge is 0.253 e. The second kappa shape index (κ2) is 7.90. The minimum absolute atomic E-state index is 0.223. The summed E-state index contributed by atoms with van der Waals surface area (Å²) in [7, 11) is 1.60. The standard InChI is InChI=1S/C18H18ClN3O3/c1-12-8-15(16(23-2)9-14(12)19)20-10-17-21-22-18(25-17)11-24-13-6-4-3-5-7-13/h3-9,20H,10-11H2,1-2H3. The van der Waals surface area contributed by atoms with Crippen molar-refractivity contribution >= 4 is 17.3 Å². The summed E-state index contributed by atoms with van der Waals surface area (Å²) in [6.07, 6.45) is 0. The van der Waals surface area contributed by atoms with Gasteiger partial charge in [0, 0.05) is 11.1 Å². The van der Waals surface area contributed by atoms with E-state index in [2.05, 4.69) is 15.5 Å². The minimum atomic E-state index is 0.223. The van der Waals surface area contributed by atoms with Crippen LogP contribution in [0.5, 0.6) is 11.5 Å². The van der Waals surface area contributed by atoms with Crippen molar-refractivity contribution in [1.82, 2.24) is 10.2 Å². The van der Waals surface area contributed by atoms with Crippen molar-refractivity contribution in [1.29, 1.82) is 0 Å². The number of nitrogens with one attached hydrogen (secondary N) is 1. The van der Waals surface area contributed by atoms with Gasteiger partial charge in [-0.25, -0.2) is 0 Å². The Kier molecular flexibility index (Phi) is 5.40. The number of anilines is 1. The maximum Gasteiger partial charge on any atom is 0.253 e. The number of rotatable bonds is 7. The van der Waals surface area contributed by atoms with Crippen LogP contribution in [0, 0.1) is 6.92 Å². The highest BCUT2D eigenvalue weighted by atomic mass is 35.5. The van der Waals surface area contributed by atoms with E-state index in [-0.39, 0.29) is 6.61 Å². The molecule has 1 aromatic heterocycles. The van der Waals surface area contributed by atoms with Gasteiger partial charge in [-0.1, -0.05) is 29.8 Å². The van der Waals surface area contributed by atoms with Crippen LogP contribution in [0.25, 0.3) is 0 Å². The van der Waals surface area contributed by atoms with Gasteiger partial charge >= 0.3 is 0 Å². The van der Waals surface area contributed by atoms with Crippen molar-refractivity contribution in [3.63, 3.8) is 0 Å². The van der Waals surface area contributed by atoms with Gasteiger partial charge in [0.25, 0.3) is 5.89 Å². The zero-order valence-corrected chi connectivity index (χ0v) is 14.7. The summed E-state index contributed by atoms with van der Waals surface area (Å²) in [5.74, 6) is 2.28. The lowest BCUT2D eigenvalue weighted by molar-refractivity contribution is 0.259. The van der Waals surface area contributed by atoms with Crippen LogP contribution in [0.1, 0.15) is 17.3 Å². The summed E-state index contributed by atoms with van der Waals surface area (Å²) < 4.78 is 16.5. The highest BCUT2D eigenvalue weighted by molar-refractivity contribution is 6.31. The van der Waals surface area contributed by atoms with Gasteiger partial charge in [0.15, 0.2) is 6.61 Å². The highest BCUT2D eigenvalue weighted by Gasteiger charge is 2.10. The predicted molar refractivity (Wildman–Crippen MR) is 95.1 cm³/mol. The zero-order valence-electron chi connectivity index (χ0n) is 14.0. The largest absolute Gasteiger partial charge is 0.495 e. The molecule has 0 unspecified atom stereocenters. The number of ether oxygens (including phenoxy) is 2. The molecule has 0 spiro atoms. The van der Waals surface area contributed by atoms with Crippen LogP contribution in [0.2, 0.25) is 5.02 Å². The molecule has 1 N–H and O–H groups in total. The lowest BCUT2D eigenvalue weighted by Crippen LogP contribution is -2.02. The van der Waals surface area contributed by atoms with E-state index < -0.39 is 0 Å². The Balaban J connectivity index is 1.59. The number of para-hydroxylation sites is 1. The van der Waals surface area contributed by atoms with Crippen molar-refractivity contribution in [2.75, 3.05) is 12.4 Å². The molecule has 6 nitrogen and oxygen atoms in total. The molecule has 0 atom stereocenters. The fourth-order valence-electron chi connectivity index (χ4n) is 2.22. The summed E-state index contributed by atoms with van der Waals surface area (Å²) >= 11 is 6.11. The molecule has 0 amide bonds. The minimum Gasteiger partial charge on any atom is -0.495 e. The molecule has 130 valence electrons. The normalized spacial score (nSPS) is 10.5. The summed E-state index contributed by atoms with van der Waals surface area (Å²) in [6, 6.07) is 13.2. The average Bonchev–Trinajstić information content (AvgIpc) is 3.09. The first-order valence-electron chi connectivity index (χ1n) is 7.73. The van der Waals surface area contributed by atoms with Crippen molar-refractivity contribution in [2.45, 2.75) is 20.1 Å². The molecular formula is C18H18ClN3O3. The molecule has 0 radical (unpaired) electrons. The number of hydrogen-bond acceptors (Lipinski definition) is 6. The predicted octanol–water partition coefficient (Wildman–Crippen LogP) is 4.23. The maximum atomic E-state index is 6.11. The number of benzene rings is 2. The molecule has 7 heteroatoms. The number of methoxy groups -OCH3 is 1. The Morgan fingerprint density at radius 3 is 2.64 bits per heavy atom. The van der Waals surface area contributed by atoms with E-state index in [1.54, 1.807) is 13.2 Å². The molecule has 3 rings (SSSR count). The molecule has 0 bridgehead atoms. The second-order valence-corrected chi connectivity index (χ2v) is 5.75. The number of hydrogen-bond donors (Lipinski definition) is 1. The Morgan fingerprint density at radius 1 is 1.12 bits per heavy atom. The van der Waals surface area contributed by atoms with Crippen LogP contribution < -0.4 is 14.8 Å². The topological polar surface area (TPSA) is 69.4 Å². The number of aryl methyl sites for hydroxylation is 1. The molecule has 25 heavy (non-hydrogen) atoms. The van der Waals surface area contributed by atoms with Crippen molar-refractivity contribution in [3.8, 4) is 11.5 Å². The molecule has 0 aliphatic rings. The van der Waals surface area contributed by atoms with Crippen LogP contribution in [0.4, 0.5) is 5.69 Å². The van der Waals surface area contributed by atoms with Gasteiger partial charge in [-0.05, 0) is 30.7 Å². The van der Waals surface area contributed by atoms with E-state index >= 15 is 0 Å². The molecular weight excluding hydrogens is 342 g/mol. The average molecular weight is 360 g/mol. The van der Waals surface area contributed by atoms with E-state index in [9.17, 15) is 0 Å². The molecule has 0 aliphatic heterocycles. The number of nitrogens with zero attached hydrogens (tertiary/aromatic N) is 2. The molecule has 1 heterocycles. The quantitative estimate of drug-likeness (QED) is 0.680. The van der Waals surface area contributed by atoms with Crippen molar-refractivity contribution in [2.24, 2.45) is 0 Å². The van der Waals surface area contributed by atoms with Gasteiger partial charge in [-0.15, -0.1) is 10.2 Å². The lowest BCUT2D eigenvalue weighted by Gasteiger charge is -2.11. The third-order valence-electron chi connectivity index (χ3n) is 3.53. The van der Waals surface area contributed by atoms with E-state index in [1.165, 1.54) is 0 Å². The highest BCUT2D eigenvalue weighted by Crippen LogP contribution is 2.31. The van der Waals surface area contributed by atoms with Crippen LogP contribution in [-0.4, -0.2) is 17.3 Å². The summed E-state index contributed by atoms with van der Waals surface area (Å²) in [4.78, 5) is 0. The van der Waals surface area contributed by atoms with Crippen LogP contribution in [0.15, 0.2) is 46.9 Å². The summed E-state index contributed by atoms with van der Waals surface area (Å²) in [5, 5.41) is 11.9. The fourth-order valence-corrected chi connectivity index (χ4v) is 2.37. The van der Waals surface area contributed by atoms with E-state index in [0.29, 0.717) is 29.1 Å². The molecule has 0 aliphatic carbocycles. The Bertz CT molecular complexity index is 837. The third-order valence-corrected chi connectivity index (χ3v) is 3.93. The molecule has 0 saturated carbocycles. The van der Waals surface area contributed by atoms with Crippen molar-refractivity contribution < 1.29 is 13.9 Å². The SMILES string of the molecule is COc1cc(Cl)c(C)cc1NCc1nnc(COc2ccccc2)o1. The maximum absolute atomic E-state index is 6.11. The van der Waals surface area contributed by atoms with Gasteiger partial charge in [-0.2, -0.15) is 0 Å². The van der Waals surface area contributed by atoms with Gasteiger partial charge in [0.05, 0.1) is 19.3 Å². The van der Waals surface area contributed by atoms with Crippen LogP contribution in [-0.2, 0) is 13.2 Å². The van der Waals surface area contributed by atoms with Crippen LogP contribution in [0.3, 0.4) is 0 Å². The first-order valence-corrected chi connectivity index (χ1v) is 8.10. The Hall–Kier alpha value is -2.73. The molecule has 3 aromatic rings.